The molecule has 1 spiro atoms. The molecule has 2 atom stereocenters. The zero-order chi connectivity index (χ0) is 34.4. The van der Waals surface area contributed by atoms with Crippen LogP contribution >= 0.6 is 11.6 Å². The molecule has 0 aliphatic carbocycles. The third-order valence-electron chi connectivity index (χ3n) is 10.0. The molecule has 3 heterocycles. The molecule has 3 aromatic rings. The molecule has 11 heteroatoms. The van der Waals surface area contributed by atoms with Gasteiger partial charge in [-0.15, -0.1) is 0 Å². The first-order valence-corrected chi connectivity index (χ1v) is 17.7. The molecule has 10 nitrogen and oxygen atoms in total. The lowest BCUT2D eigenvalue weighted by Crippen LogP contribution is -2.60. The van der Waals surface area contributed by atoms with Gasteiger partial charge in [-0.25, -0.2) is 0 Å². The Kier molecular flexibility index (Phi) is 10.8. The van der Waals surface area contributed by atoms with Crippen molar-refractivity contribution < 1.29 is 19.2 Å². The van der Waals surface area contributed by atoms with Crippen LogP contribution < -0.4 is 20.9 Å². The van der Waals surface area contributed by atoms with Crippen molar-refractivity contribution in [2.24, 2.45) is 0 Å². The molecule has 2 saturated heterocycles. The van der Waals surface area contributed by atoms with Crippen LogP contribution in [-0.4, -0.2) is 83.9 Å². The molecule has 3 aromatic carbocycles. The van der Waals surface area contributed by atoms with E-state index in [-0.39, 0.29) is 30.2 Å². The van der Waals surface area contributed by atoms with Gasteiger partial charge in [0.1, 0.15) is 18.1 Å². The Morgan fingerprint density at radius 2 is 1.65 bits per heavy atom. The number of fused-ring (bicyclic) bond motifs is 1. The van der Waals surface area contributed by atoms with Crippen LogP contribution in [0.25, 0.3) is 0 Å². The van der Waals surface area contributed by atoms with Crippen molar-refractivity contribution in [2.75, 3.05) is 37.7 Å². The number of carbonyl (C=O) groups excluding carboxylic acids is 4. The molecule has 6 rings (SSSR count). The minimum Gasteiger partial charge on any atom is -0.355 e. The molecular weight excluding hydrogens is 640 g/mol. The van der Waals surface area contributed by atoms with Gasteiger partial charge < -0.3 is 30.7 Å². The third kappa shape index (κ3) is 7.76. The lowest BCUT2D eigenvalue weighted by Gasteiger charge is -2.44. The zero-order valence-corrected chi connectivity index (χ0v) is 28.8. The van der Waals surface area contributed by atoms with E-state index < -0.39 is 17.6 Å². The van der Waals surface area contributed by atoms with E-state index in [2.05, 4.69) is 33.8 Å². The van der Waals surface area contributed by atoms with Crippen LogP contribution in [-0.2, 0) is 38.6 Å². The first-order valence-electron chi connectivity index (χ1n) is 17.3. The quantitative estimate of drug-likeness (QED) is 0.266. The first-order chi connectivity index (χ1) is 23.8. The van der Waals surface area contributed by atoms with E-state index in [0.717, 1.165) is 29.7 Å². The van der Waals surface area contributed by atoms with Gasteiger partial charge in [0.25, 0.3) is 5.91 Å². The summed E-state index contributed by atoms with van der Waals surface area (Å²) >= 11 is 6.14. The molecule has 0 aromatic heterocycles. The molecule has 4 amide bonds. The number of rotatable bonds is 11. The Labute approximate surface area is 293 Å². The molecule has 3 aliphatic heterocycles. The van der Waals surface area contributed by atoms with Gasteiger partial charge in [0.2, 0.25) is 17.7 Å². The van der Waals surface area contributed by atoms with Crippen molar-refractivity contribution in [3.8, 4) is 0 Å². The number of nitrogens with zero attached hydrogens (tertiary/aromatic N) is 3. The van der Waals surface area contributed by atoms with Crippen LogP contribution in [0, 0.1) is 0 Å². The summed E-state index contributed by atoms with van der Waals surface area (Å²) in [4.78, 5) is 60.3. The summed E-state index contributed by atoms with van der Waals surface area (Å²) in [5.74, 6) is -0.664. The maximum atomic E-state index is 14.3. The van der Waals surface area contributed by atoms with Crippen molar-refractivity contribution in [3.63, 3.8) is 0 Å². The minimum absolute atomic E-state index is 0.00878. The van der Waals surface area contributed by atoms with E-state index >= 15 is 0 Å². The van der Waals surface area contributed by atoms with Crippen LogP contribution in [0.4, 0.5) is 5.69 Å². The summed E-state index contributed by atoms with van der Waals surface area (Å²) in [6.45, 7) is 4.20. The molecule has 3 N–H and O–H groups in total. The highest BCUT2D eigenvalue weighted by atomic mass is 35.5. The summed E-state index contributed by atoms with van der Waals surface area (Å²) < 4.78 is 0. The number of nitrogens with one attached hydrogen (secondary N) is 3. The van der Waals surface area contributed by atoms with E-state index in [1.807, 2.05) is 60.7 Å². The number of hydrogen-bond acceptors (Lipinski definition) is 6. The van der Waals surface area contributed by atoms with Gasteiger partial charge in [0.15, 0.2) is 0 Å². The molecule has 258 valence electrons. The lowest BCUT2D eigenvalue weighted by molar-refractivity contribution is -0.141. The van der Waals surface area contributed by atoms with Gasteiger partial charge in [-0.2, -0.15) is 0 Å². The average molecular weight is 685 g/mol. The van der Waals surface area contributed by atoms with Gasteiger partial charge in [0, 0.05) is 43.3 Å². The van der Waals surface area contributed by atoms with E-state index in [4.69, 9.17) is 11.6 Å². The Morgan fingerprint density at radius 3 is 2.37 bits per heavy atom. The predicted octanol–water partition coefficient (Wildman–Crippen LogP) is 3.67. The Morgan fingerprint density at radius 1 is 0.959 bits per heavy atom. The number of amides is 4. The molecule has 0 bridgehead atoms. The Hall–Kier alpha value is -4.41. The standard InChI is InChI=1S/C38H45ClN6O4/c1-2-3-19-40-34(46)25-44-26-45(31-11-5-4-6-12-31)38(37(44)49)17-20-43(21-18-38)36(48)33(22-27-13-15-30(39)16-14-27)42-35(47)32-23-28-9-7-8-10-29(28)24-41-32/h4-16,32-33,41H,2-3,17-26H2,1H3,(H,40,46)(H,42,47)/t32-,33-/m1/s1. The number of unbranched alkanes of at least 4 members (excludes halogenated alkanes) is 1. The molecule has 0 radical (unpaired) electrons. The topological polar surface area (TPSA) is 114 Å². The molecule has 49 heavy (non-hydrogen) atoms. The highest BCUT2D eigenvalue weighted by Gasteiger charge is 2.54. The van der Waals surface area contributed by atoms with Crippen molar-refractivity contribution in [1.29, 1.82) is 0 Å². The molecular formula is C38H45ClN6O4. The molecule has 0 unspecified atom stereocenters. The predicted molar refractivity (Wildman–Crippen MR) is 190 cm³/mol. The van der Waals surface area contributed by atoms with Gasteiger partial charge in [-0.1, -0.05) is 79.5 Å². The van der Waals surface area contributed by atoms with E-state index in [9.17, 15) is 19.2 Å². The maximum Gasteiger partial charge on any atom is 0.250 e. The SMILES string of the molecule is CCCCNC(=O)CN1CN(c2ccccc2)C2(CCN(C(=O)[C@@H](Cc3ccc(Cl)cc3)NC(=O)[C@H]3Cc4ccccc4CN3)CC2)C1=O. The van der Waals surface area contributed by atoms with Crippen LogP contribution in [0.1, 0.15) is 49.3 Å². The van der Waals surface area contributed by atoms with E-state index in [1.165, 1.54) is 5.56 Å². The second-order valence-corrected chi connectivity index (χ2v) is 13.7. The fourth-order valence-electron chi connectivity index (χ4n) is 7.24. The molecule has 2 fully saturated rings. The number of anilines is 1. The number of carbonyl (C=O) groups is 4. The van der Waals surface area contributed by atoms with Crippen molar-refractivity contribution in [1.82, 2.24) is 25.8 Å². The summed E-state index contributed by atoms with van der Waals surface area (Å²) in [5.41, 5.74) is 3.20. The van der Waals surface area contributed by atoms with E-state index in [0.29, 0.717) is 63.6 Å². The van der Waals surface area contributed by atoms with Crippen LogP contribution in [0.3, 0.4) is 0 Å². The fraction of sp³-hybridized carbons (Fsp3) is 0.421. The average Bonchev–Trinajstić information content (AvgIpc) is 3.38. The van der Waals surface area contributed by atoms with Crippen molar-refractivity contribution in [3.05, 3.63) is 101 Å². The summed E-state index contributed by atoms with van der Waals surface area (Å²) in [6, 6.07) is 23.9. The number of likely N-dealkylation sites (tertiary alicyclic amines) is 1. The van der Waals surface area contributed by atoms with Gasteiger partial charge in [-0.3, -0.25) is 19.2 Å². The lowest BCUT2D eigenvalue weighted by atomic mass is 9.85. The normalized spacial score (nSPS) is 19.0. The fourth-order valence-corrected chi connectivity index (χ4v) is 7.37. The number of halogens is 1. The summed E-state index contributed by atoms with van der Waals surface area (Å²) in [7, 11) is 0. The van der Waals surface area contributed by atoms with Crippen LogP contribution in [0.15, 0.2) is 78.9 Å². The summed E-state index contributed by atoms with van der Waals surface area (Å²) in [5, 5.41) is 9.93. The first kappa shape index (κ1) is 34.5. The molecule has 3 aliphatic rings. The largest absolute Gasteiger partial charge is 0.355 e. The van der Waals surface area contributed by atoms with Gasteiger partial charge in [-0.05, 0) is 66.6 Å². The minimum atomic E-state index is -0.879. The van der Waals surface area contributed by atoms with Crippen LogP contribution in [0.2, 0.25) is 5.02 Å². The Bertz CT molecular complexity index is 1640. The number of para-hydroxylation sites is 1. The summed E-state index contributed by atoms with van der Waals surface area (Å²) in [6.07, 6.45) is 3.52. The van der Waals surface area contributed by atoms with Gasteiger partial charge >= 0.3 is 0 Å². The zero-order valence-electron chi connectivity index (χ0n) is 28.0. The number of benzene rings is 3. The highest BCUT2D eigenvalue weighted by molar-refractivity contribution is 6.30. The monoisotopic (exact) mass is 684 g/mol. The number of piperidine rings is 1. The maximum absolute atomic E-state index is 14.3. The van der Waals surface area contributed by atoms with Gasteiger partial charge in [0.05, 0.1) is 12.7 Å². The number of hydrogen-bond donors (Lipinski definition) is 3. The Balaban J connectivity index is 1.18. The van der Waals surface area contributed by atoms with Crippen molar-refractivity contribution in [2.45, 2.75) is 69.6 Å². The highest BCUT2D eigenvalue weighted by Crippen LogP contribution is 2.39. The van der Waals surface area contributed by atoms with Crippen molar-refractivity contribution >= 4 is 40.9 Å². The second-order valence-electron chi connectivity index (χ2n) is 13.3. The molecule has 0 saturated carbocycles. The van der Waals surface area contributed by atoms with Crippen LogP contribution in [0.5, 0.6) is 0 Å². The third-order valence-corrected chi connectivity index (χ3v) is 10.3. The smallest absolute Gasteiger partial charge is 0.250 e. The second kappa shape index (κ2) is 15.4. The van der Waals surface area contributed by atoms with E-state index in [1.54, 1.807) is 21.9 Å².